The second kappa shape index (κ2) is 7.81. The van der Waals surface area contributed by atoms with Crippen LogP contribution in [-0.4, -0.2) is 23.1 Å². The van der Waals surface area contributed by atoms with Gasteiger partial charge >= 0.3 is 5.97 Å². The zero-order valence-electron chi connectivity index (χ0n) is 13.3. The van der Waals surface area contributed by atoms with Crippen molar-refractivity contribution < 1.29 is 19.4 Å². The van der Waals surface area contributed by atoms with Crippen molar-refractivity contribution in [1.29, 1.82) is 0 Å². The van der Waals surface area contributed by atoms with Crippen LogP contribution < -0.4 is 10.1 Å². The highest BCUT2D eigenvalue weighted by Gasteiger charge is 2.31. The minimum atomic E-state index is -0.811. The first-order chi connectivity index (χ1) is 10.9. The maximum Gasteiger partial charge on any atom is 0.306 e. The molecule has 5 nitrogen and oxygen atoms in total. The topological polar surface area (TPSA) is 75.6 Å². The average Bonchev–Trinajstić information content (AvgIpc) is 2.49. The highest BCUT2D eigenvalue weighted by Crippen LogP contribution is 2.33. The van der Waals surface area contributed by atoms with Crippen LogP contribution in [0.15, 0.2) is 22.7 Å². The van der Waals surface area contributed by atoms with Crippen molar-refractivity contribution >= 4 is 33.5 Å². The summed E-state index contributed by atoms with van der Waals surface area (Å²) in [6.07, 6.45) is 2.54. The van der Waals surface area contributed by atoms with E-state index < -0.39 is 11.9 Å². The van der Waals surface area contributed by atoms with Crippen LogP contribution in [-0.2, 0) is 9.59 Å². The third kappa shape index (κ3) is 4.96. The van der Waals surface area contributed by atoms with Crippen LogP contribution in [0.1, 0.15) is 39.5 Å². The van der Waals surface area contributed by atoms with E-state index in [4.69, 9.17) is 9.84 Å². The summed E-state index contributed by atoms with van der Waals surface area (Å²) in [5.74, 6) is -1.03. The van der Waals surface area contributed by atoms with Gasteiger partial charge in [0.05, 0.1) is 17.7 Å². The second-order valence-corrected chi connectivity index (χ2v) is 7.11. The maximum absolute atomic E-state index is 12.5. The summed E-state index contributed by atoms with van der Waals surface area (Å²) in [6, 6.07) is 5.46. The van der Waals surface area contributed by atoms with Crippen LogP contribution in [0.25, 0.3) is 0 Å². The highest BCUT2D eigenvalue weighted by atomic mass is 79.9. The van der Waals surface area contributed by atoms with E-state index in [9.17, 15) is 9.59 Å². The minimum Gasteiger partial charge on any atom is -0.489 e. The third-order valence-corrected chi connectivity index (χ3v) is 4.45. The number of nitrogens with one attached hydrogen (secondary N) is 1. The van der Waals surface area contributed by atoms with Crippen LogP contribution in [0.5, 0.6) is 5.75 Å². The largest absolute Gasteiger partial charge is 0.489 e. The fraction of sp³-hybridized carbons (Fsp3) is 0.529. The molecule has 23 heavy (non-hydrogen) atoms. The predicted octanol–water partition coefficient (Wildman–Crippen LogP) is 4.07. The van der Waals surface area contributed by atoms with Gasteiger partial charge in [-0.15, -0.1) is 0 Å². The first-order valence-electron chi connectivity index (χ1n) is 7.86. The number of rotatable bonds is 5. The summed E-state index contributed by atoms with van der Waals surface area (Å²) < 4.78 is 6.56. The molecule has 0 aliphatic heterocycles. The Hall–Kier alpha value is -1.56. The molecule has 1 aromatic carbocycles. The molecule has 1 aromatic rings. The molecule has 1 aliphatic rings. The molecule has 0 spiro atoms. The Morgan fingerprint density at radius 3 is 2.65 bits per heavy atom. The number of carboxylic acid groups (broad SMARTS) is 1. The van der Waals surface area contributed by atoms with Crippen molar-refractivity contribution in [2.24, 2.45) is 11.8 Å². The normalized spacial score (nSPS) is 21.0. The molecule has 6 heteroatoms. The summed E-state index contributed by atoms with van der Waals surface area (Å²) >= 11 is 3.39. The number of aliphatic carboxylic acids is 1. The van der Waals surface area contributed by atoms with Crippen LogP contribution in [0.4, 0.5) is 5.69 Å². The van der Waals surface area contributed by atoms with E-state index in [1.807, 2.05) is 19.9 Å². The van der Waals surface area contributed by atoms with Crippen LogP contribution >= 0.6 is 15.9 Å². The number of halogens is 1. The van der Waals surface area contributed by atoms with Crippen molar-refractivity contribution in [2.75, 3.05) is 5.32 Å². The number of ether oxygens (including phenoxy) is 1. The number of benzene rings is 1. The van der Waals surface area contributed by atoms with E-state index in [0.717, 1.165) is 17.3 Å². The highest BCUT2D eigenvalue weighted by molar-refractivity contribution is 9.10. The predicted molar refractivity (Wildman–Crippen MR) is 91.6 cm³/mol. The number of carboxylic acids is 1. The van der Waals surface area contributed by atoms with Gasteiger partial charge in [0.2, 0.25) is 5.91 Å². The summed E-state index contributed by atoms with van der Waals surface area (Å²) in [5, 5.41) is 12.0. The van der Waals surface area contributed by atoms with Crippen LogP contribution in [0, 0.1) is 11.8 Å². The summed E-state index contributed by atoms with van der Waals surface area (Å²) in [6.45, 7) is 3.85. The first kappa shape index (κ1) is 17.8. The molecular weight excluding hydrogens is 362 g/mol. The third-order valence-electron chi connectivity index (χ3n) is 3.96. The Morgan fingerprint density at radius 1 is 1.30 bits per heavy atom. The molecule has 1 aliphatic carbocycles. The van der Waals surface area contributed by atoms with Crippen molar-refractivity contribution in [3.8, 4) is 5.75 Å². The van der Waals surface area contributed by atoms with Gasteiger partial charge in [-0.1, -0.05) is 22.4 Å². The van der Waals surface area contributed by atoms with Crippen molar-refractivity contribution in [2.45, 2.75) is 45.6 Å². The zero-order valence-corrected chi connectivity index (χ0v) is 14.9. The number of hydrogen-bond donors (Lipinski definition) is 2. The molecule has 2 atom stereocenters. The van der Waals surface area contributed by atoms with Gasteiger partial charge in [0.25, 0.3) is 0 Å². The SMILES string of the molecule is CC(C)Oc1ccc(Br)cc1NC(=O)C1CCCC(C(=O)O)C1. The van der Waals surface area contributed by atoms with Gasteiger partial charge in [-0.25, -0.2) is 0 Å². The molecule has 1 amide bonds. The number of carbonyl (C=O) groups excluding carboxylic acids is 1. The van der Waals surface area contributed by atoms with Crippen LogP contribution in [0.2, 0.25) is 0 Å². The lowest BCUT2D eigenvalue weighted by molar-refractivity contribution is -0.143. The van der Waals surface area contributed by atoms with Crippen molar-refractivity contribution in [3.63, 3.8) is 0 Å². The lowest BCUT2D eigenvalue weighted by Gasteiger charge is -2.26. The molecule has 0 radical (unpaired) electrons. The molecule has 2 unspecified atom stereocenters. The number of carbonyl (C=O) groups is 2. The monoisotopic (exact) mass is 383 g/mol. The Labute approximate surface area is 144 Å². The number of hydrogen-bond acceptors (Lipinski definition) is 3. The van der Waals surface area contributed by atoms with E-state index in [1.165, 1.54) is 0 Å². The molecule has 0 aromatic heterocycles. The summed E-state index contributed by atoms with van der Waals surface area (Å²) in [7, 11) is 0. The fourth-order valence-corrected chi connectivity index (χ4v) is 3.20. The van der Waals surface area contributed by atoms with Crippen LogP contribution in [0.3, 0.4) is 0 Å². The lowest BCUT2D eigenvalue weighted by Crippen LogP contribution is -2.31. The number of amides is 1. The van der Waals surface area contributed by atoms with E-state index in [-0.39, 0.29) is 17.9 Å². The van der Waals surface area contributed by atoms with Crippen molar-refractivity contribution in [3.05, 3.63) is 22.7 Å². The Kier molecular flexibility index (Phi) is 6.04. The molecule has 2 rings (SSSR count). The fourth-order valence-electron chi connectivity index (χ4n) is 2.84. The Balaban J connectivity index is 2.10. The quantitative estimate of drug-likeness (QED) is 0.803. The van der Waals surface area contributed by atoms with Gasteiger partial charge in [0.15, 0.2) is 0 Å². The van der Waals surface area contributed by atoms with E-state index >= 15 is 0 Å². The Morgan fingerprint density at radius 2 is 2.00 bits per heavy atom. The molecule has 2 N–H and O–H groups in total. The molecule has 0 bridgehead atoms. The smallest absolute Gasteiger partial charge is 0.306 e. The van der Waals surface area contributed by atoms with Crippen molar-refractivity contribution in [1.82, 2.24) is 0 Å². The Bertz CT molecular complexity index is 588. The molecule has 0 saturated heterocycles. The lowest BCUT2D eigenvalue weighted by atomic mass is 9.81. The van der Waals surface area contributed by atoms with E-state index in [2.05, 4.69) is 21.2 Å². The first-order valence-corrected chi connectivity index (χ1v) is 8.66. The zero-order chi connectivity index (χ0) is 17.0. The van der Waals surface area contributed by atoms with Gasteiger partial charge in [-0.05, 0) is 51.3 Å². The van der Waals surface area contributed by atoms with Gasteiger partial charge in [0.1, 0.15) is 5.75 Å². The summed E-state index contributed by atoms with van der Waals surface area (Å²) in [5.41, 5.74) is 0.607. The van der Waals surface area contributed by atoms with E-state index in [1.54, 1.807) is 12.1 Å². The average molecular weight is 384 g/mol. The minimum absolute atomic E-state index is 0.00195. The molecule has 1 saturated carbocycles. The number of anilines is 1. The molecular formula is C17H22BrNO4. The molecule has 1 fully saturated rings. The maximum atomic E-state index is 12.5. The van der Waals surface area contributed by atoms with Gasteiger partial charge in [0, 0.05) is 10.4 Å². The summed E-state index contributed by atoms with van der Waals surface area (Å²) in [4.78, 5) is 23.7. The molecule has 126 valence electrons. The van der Waals surface area contributed by atoms with Gasteiger partial charge in [-0.2, -0.15) is 0 Å². The standard InChI is InChI=1S/C17H22BrNO4/c1-10(2)23-15-7-6-13(18)9-14(15)19-16(20)11-4-3-5-12(8-11)17(21)22/h6-7,9-12H,3-5,8H2,1-2H3,(H,19,20)(H,21,22). The van der Waals surface area contributed by atoms with Gasteiger partial charge in [-0.3, -0.25) is 9.59 Å². The van der Waals surface area contributed by atoms with Gasteiger partial charge < -0.3 is 15.2 Å². The second-order valence-electron chi connectivity index (χ2n) is 6.20. The van der Waals surface area contributed by atoms with E-state index in [0.29, 0.717) is 24.3 Å². The molecule has 0 heterocycles.